The number of anilines is 3. The summed E-state index contributed by atoms with van der Waals surface area (Å²) in [6.07, 6.45) is -6.57. The molecule has 50 heavy (non-hydrogen) atoms. The summed E-state index contributed by atoms with van der Waals surface area (Å²) >= 11 is 0.663. The lowest BCUT2D eigenvalue weighted by molar-refractivity contribution is 0.687. The van der Waals surface area contributed by atoms with Crippen molar-refractivity contribution >= 4 is 70.1 Å². The van der Waals surface area contributed by atoms with Crippen LogP contribution in [0.2, 0.25) is 0 Å². The van der Waals surface area contributed by atoms with Gasteiger partial charge in [-0.2, -0.15) is 0 Å². The highest BCUT2D eigenvalue weighted by atomic mass is 32.1. The molecule has 1 aromatic heterocycles. The van der Waals surface area contributed by atoms with E-state index in [0.717, 1.165) is 4.90 Å². The highest BCUT2D eigenvalue weighted by molar-refractivity contribution is 7.26. The van der Waals surface area contributed by atoms with Crippen LogP contribution in [-0.4, -0.2) is 0 Å². The van der Waals surface area contributed by atoms with Gasteiger partial charge in [0.15, 0.2) is 0 Å². The first-order chi connectivity index (χ1) is 35.6. The van der Waals surface area contributed by atoms with Gasteiger partial charge in [-0.05, 0) is 129 Å². The smallest absolute Gasteiger partial charge is 0.0652 e. The van der Waals surface area contributed by atoms with E-state index in [1.54, 1.807) is 6.07 Å². The van der Waals surface area contributed by atoms with E-state index < -0.39 is 208 Å². The van der Waals surface area contributed by atoms with E-state index in [-0.39, 0.29) is 42.4 Å². The first-order valence-corrected chi connectivity index (χ1v) is 16.1. The van der Waals surface area contributed by atoms with Gasteiger partial charge in [-0.25, -0.2) is 0 Å². The minimum atomic E-state index is -1.73. The number of rotatable bonds is 5. The SMILES string of the molecule is [2H]c1c([2H])c(-c2c([2H])c([2H])c(N(c3ccccc3)c3c([2H])c([2H])c4sc5c6c([2H])c([2H])c([2H])c([2H])c6c([2H])c(-c6c([2H])c([2H])c([2H])c7c([2H])c([2H])c([2H])c([2H])c67)c5c4c3[2H])c([2H])c2[2H])c2c(c1[2H])C([2H])C([2H])C([2H])C2[2H]. The van der Waals surface area contributed by atoms with Crippen molar-refractivity contribution in [3.05, 3.63) is 174 Å². The molecule has 1 heterocycles. The maximum absolute atomic E-state index is 10.2. The molecule has 4 atom stereocenters. The fourth-order valence-corrected chi connectivity index (χ4v) is 7.23. The normalized spacial score (nSPS) is 26.1. The molecule has 0 aliphatic heterocycles. The first kappa shape index (κ1) is 13.2. The predicted octanol–water partition coefficient (Wildman–Crippen LogP) is 14.0. The number of fused-ring (bicyclic) bond motifs is 7. The quantitative estimate of drug-likeness (QED) is 0.175. The molecule has 1 aliphatic carbocycles. The molecular weight excluding hydrogens is 623 g/mol. The van der Waals surface area contributed by atoms with Gasteiger partial charge in [0.25, 0.3) is 0 Å². The maximum atomic E-state index is 10.2. The molecule has 8 aromatic carbocycles. The summed E-state index contributed by atoms with van der Waals surface area (Å²) in [5, 5.41) is -2.45. The van der Waals surface area contributed by atoms with Crippen LogP contribution < -0.4 is 4.90 Å². The molecule has 10 rings (SSSR count). The van der Waals surface area contributed by atoms with Crippen LogP contribution in [0.4, 0.5) is 17.1 Å². The lowest BCUT2D eigenvalue weighted by Gasteiger charge is -2.26. The Morgan fingerprint density at radius 2 is 1.26 bits per heavy atom. The van der Waals surface area contributed by atoms with E-state index in [1.165, 1.54) is 24.3 Å². The van der Waals surface area contributed by atoms with Gasteiger partial charge in [-0.3, -0.25) is 0 Å². The Hall–Kier alpha value is -5.70. The number of nitrogens with zero attached hydrogens (tertiary/aromatic N) is 1. The molecule has 1 nitrogen and oxygen atoms in total. The van der Waals surface area contributed by atoms with Crippen LogP contribution in [0.1, 0.15) is 59.6 Å². The highest BCUT2D eigenvalue weighted by Crippen LogP contribution is 2.47. The third-order valence-electron chi connectivity index (χ3n) is 8.33. The largest absolute Gasteiger partial charge is 0.310 e. The third-order valence-corrected chi connectivity index (χ3v) is 9.45. The summed E-state index contributed by atoms with van der Waals surface area (Å²) < 4.78 is 236. The van der Waals surface area contributed by atoms with Crippen molar-refractivity contribution in [2.45, 2.75) is 25.6 Å². The van der Waals surface area contributed by atoms with Crippen molar-refractivity contribution < 1.29 is 35.6 Å². The second-order valence-corrected chi connectivity index (χ2v) is 12.2. The zero-order valence-corrected chi connectivity index (χ0v) is 26.4. The van der Waals surface area contributed by atoms with E-state index >= 15 is 0 Å². The second kappa shape index (κ2) is 12.0. The molecule has 0 spiro atoms. The van der Waals surface area contributed by atoms with Gasteiger partial charge in [-0.15, -0.1) is 11.3 Å². The summed E-state index contributed by atoms with van der Waals surface area (Å²) in [5.74, 6) is 0. The van der Waals surface area contributed by atoms with Crippen molar-refractivity contribution in [3.8, 4) is 22.3 Å². The van der Waals surface area contributed by atoms with Gasteiger partial charge >= 0.3 is 0 Å². The van der Waals surface area contributed by atoms with Crippen molar-refractivity contribution in [3.63, 3.8) is 0 Å². The van der Waals surface area contributed by atoms with Crippen molar-refractivity contribution in [2.24, 2.45) is 0 Å². The molecule has 9 aromatic rings. The van der Waals surface area contributed by atoms with Crippen LogP contribution in [-0.2, 0) is 12.8 Å². The lowest BCUT2D eigenvalue weighted by Crippen LogP contribution is -2.09. The van der Waals surface area contributed by atoms with E-state index in [9.17, 15) is 12.3 Å². The van der Waals surface area contributed by atoms with Crippen LogP contribution >= 0.6 is 11.3 Å². The van der Waals surface area contributed by atoms with Crippen molar-refractivity contribution in [2.75, 3.05) is 4.90 Å². The summed E-state index contributed by atoms with van der Waals surface area (Å²) in [7, 11) is 0. The highest BCUT2D eigenvalue weighted by Gasteiger charge is 2.20. The number of hydrogen-bond acceptors (Lipinski definition) is 2. The van der Waals surface area contributed by atoms with Crippen LogP contribution in [0.15, 0.2) is 163 Å². The summed E-state index contributed by atoms with van der Waals surface area (Å²) in [5.41, 5.74) is -4.21. The number of benzene rings is 8. The third kappa shape index (κ3) is 4.82. The lowest BCUT2D eigenvalue weighted by atomic mass is 9.86. The topological polar surface area (TPSA) is 3.24 Å². The van der Waals surface area contributed by atoms with Gasteiger partial charge < -0.3 is 4.90 Å². The summed E-state index contributed by atoms with van der Waals surface area (Å²) in [6, 6.07) is -9.99. The van der Waals surface area contributed by atoms with Gasteiger partial charge in [0.2, 0.25) is 0 Å². The average molecular weight is 684 g/mol. The second-order valence-electron chi connectivity index (χ2n) is 11.2. The Morgan fingerprint density at radius 1 is 0.540 bits per heavy atom. The van der Waals surface area contributed by atoms with Gasteiger partial charge in [0.05, 0.1) is 30.2 Å². The number of para-hydroxylation sites is 1. The minimum Gasteiger partial charge on any atom is -0.310 e. The maximum Gasteiger partial charge on any atom is 0.0652 e. The van der Waals surface area contributed by atoms with Gasteiger partial charge in [-0.1, -0.05) is 115 Å². The Kier molecular flexibility index (Phi) is 3.17. The number of thiophene rings is 1. The van der Waals surface area contributed by atoms with Gasteiger partial charge in [0.1, 0.15) is 0 Å². The molecule has 0 amide bonds. The van der Waals surface area contributed by atoms with Crippen molar-refractivity contribution in [1.29, 1.82) is 0 Å². The Balaban J connectivity index is 1.40. The fraction of sp³-hybridized carbons (Fsp3) is 0.0833. The van der Waals surface area contributed by atoms with Crippen molar-refractivity contribution in [1.82, 2.24) is 0 Å². The van der Waals surface area contributed by atoms with E-state index in [1.807, 2.05) is 0 Å². The predicted molar refractivity (Wildman–Crippen MR) is 217 cm³/mol. The van der Waals surface area contributed by atoms with Crippen LogP contribution in [0.3, 0.4) is 0 Å². The Labute approximate surface area is 333 Å². The standard InChI is InChI=1S/C48H35NS/c1-2-17-36(18-3-1)49(37-26-24-34(25-27-37)40-22-10-15-32-12-4-7-19-39(32)40)38-28-29-46-45(31-38)47-44(30-35-14-6-9-21-42(35)48(47)50-46)43-23-11-16-33-13-5-8-20-41(33)43/h1-3,5-6,8-11,13-18,20-31H,4,7,12,19H2/i4D,5D,6D,7D,8D,9D,10D,11D,12D,13D,14D,15D,16D,19D,20D,21D,22D,23D,24D,25D,26D,27D,28D,29D,30D,31D. The minimum absolute atomic E-state index is 0.0232. The first-order valence-electron chi connectivity index (χ1n) is 28.6. The van der Waals surface area contributed by atoms with E-state index in [0.29, 0.717) is 11.3 Å². The Bertz CT molecular complexity index is 4080. The molecular formula is C48H35NS. The van der Waals surface area contributed by atoms with Crippen LogP contribution in [0, 0.1) is 0 Å². The van der Waals surface area contributed by atoms with Crippen LogP contribution in [0.25, 0.3) is 64.0 Å². The van der Waals surface area contributed by atoms with Gasteiger partial charge in [0, 0.05) is 42.7 Å². The molecule has 1 aliphatic rings. The molecule has 0 radical (unpaired) electrons. The molecule has 0 bridgehead atoms. The van der Waals surface area contributed by atoms with E-state index in [2.05, 4.69) is 0 Å². The molecule has 2 heteroatoms. The molecule has 0 fully saturated rings. The summed E-state index contributed by atoms with van der Waals surface area (Å²) in [4.78, 5) is 0.987. The zero-order chi connectivity index (χ0) is 55.6. The number of hydrogen-bond donors (Lipinski definition) is 0. The zero-order valence-electron chi connectivity index (χ0n) is 51.6. The van der Waals surface area contributed by atoms with Crippen LogP contribution in [0.5, 0.6) is 0 Å². The molecule has 238 valence electrons. The molecule has 0 saturated heterocycles. The molecule has 4 unspecified atom stereocenters. The summed E-state index contributed by atoms with van der Waals surface area (Å²) in [6.45, 7) is 0. The van der Waals surface area contributed by atoms with E-state index in [4.69, 9.17) is 23.3 Å². The molecule has 0 N–H and O–H groups in total. The fourth-order valence-electron chi connectivity index (χ4n) is 6.11. The average Bonchev–Trinajstić information content (AvgIpc) is 3.91. The Morgan fingerprint density at radius 3 is 2.14 bits per heavy atom. The molecule has 0 saturated carbocycles. The monoisotopic (exact) mass is 683 g/mol.